The van der Waals surface area contributed by atoms with Crippen molar-refractivity contribution in [2.24, 2.45) is 49.4 Å². The second-order valence-electron chi connectivity index (χ2n) is 18.7. The fourth-order valence-corrected chi connectivity index (χ4v) is 11.0. The average molecular weight is 1120 g/mol. The summed E-state index contributed by atoms with van der Waals surface area (Å²) in [6, 6.07) is 6.04. The second kappa shape index (κ2) is 28.2. The van der Waals surface area contributed by atoms with Crippen molar-refractivity contribution in [3.8, 4) is 0 Å². The molecule has 420 valence electrons. The number of hydrogen-bond donors (Lipinski definition) is 16. The number of carbonyl (C=O) groups is 9. The highest BCUT2D eigenvalue weighted by Crippen LogP contribution is 2.49. The number of rotatable bonds is 20. The number of para-hydroxylation sites is 1. The highest BCUT2D eigenvalue weighted by atomic mass is 32.2. The summed E-state index contributed by atoms with van der Waals surface area (Å²) >= 11 is 6.21. The number of hydrogen-bond acceptors (Lipinski definition) is 14. The summed E-state index contributed by atoms with van der Waals surface area (Å²) < 4.78 is -3.60. The van der Waals surface area contributed by atoms with Gasteiger partial charge in [0, 0.05) is 55.4 Å². The lowest BCUT2D eigenvalue weighted by molar-refractivity contribution is -0.135. The molecule has 21 N–H and O–H groups in total. The number of aliphatic imine (C=N–C) groups is 3. The van der Waals surface area contributed by atoms with Crippen molar-refractivity contribution >= 4 is 107 Å². The number of amides is 9. The van der Waals surface area contributed by atoms with Crippen LogP contribution in [0.15, 0.2) is 88.0 Å². The number of thioether (sulfide) groups is 1. The van der Waals surface area contributed by atoms with Gasteiger partial charge in [-0.1, -0.05) is 48.5 Å². The third-order valence-electron chi connectivity index (χ3n) is 12.8. The molecule has 2 aromatic carbocycles. The lowest BCUT2D eigenvalue weighted by atomic mass is 9.79. The molecule has 3 aromatic rings. The number of nitrogens with two attached hydrogens (primary N) is 6. The van der Waals surface area contributed by atoms with Gasteiger partial charge in [-0.05, 0) is 55.9 Å². The Labute approximate surface area is 458 Å². The molecule has 27 nitrogen and oxygen atoms in total. The van der Waals surface area contributed by atoms with Crippen molar-refractivity contribution in [3.63, 3.8) is 0 Å². The van der Waals surface area contributed by atoms with Gasteiger partial charge in [-0.3, -0.25) is 53.1 Å². The van der Waals surface area contributed by atoms with E-state index in [0.717, 1.165) is 29.0 Å². The molecule has 5 rings (SSSR count). The van der Waals surface area contributed by atoms with Crippen molar-refractivity contribution in [2.75, 3.05) is 25.4 Å². The van der Waals surface area contributed by atoms with Crippen LogP contribution in [0.3, 0.4) is 0 Å². The Morgan fingerprint density at radius 1 is 0.821 bits per heavy atom. The van der Waals surface area contributed by atoms with Crippen LogP contribution in [0, 0.1) is 0 Å². The summed E-state index contributed by atoms with van der Waals surface area (Å²) in [7, 11) is 0. The number of carbonyl (C=O) groups excluding carboxylic acids is 9. The van der Waals surface area contributed by atoms with Crippen LogP contribution < -0.4 is 76.9 Å². The third-order valence-corrected chi connectivity index (χ3v) is 15.4. The van der Waals surface area contributed by atoms with E-state index in [1.54, 1.807) is 42.6 Å². The van der Waals surface area contributed by atoms with E-state index >= 15 is 4.79 Å². The molecule has 2 aliphatic rings. The first kappa shape index (κ1) is 60.5. The molecule has 0 aliphatic carbocycles. The minimum Gasteiger partial charge on any atom is -0.390 e. The number of H-pyrrole nitrogens is 1. The molecule has 9 amide bonds. The van der Waals surface area contributed by atoms with Crippen molar-refractivity contribution in [3.05, 3.63) is 84.2 Å². The Bertz CT molecular complexity index is 2800. The zero-order valence-corrected chi connectivity index (χ0v) is 44.7. The fraction of sp³-hybridized carbons (Fsp3) is 0.429. The van der Waals surface area contributed by atoms with Crippen LogP contribution in [0.5, 0.6) is 0 Å². The maximum atomic E-state index is 15.1. The van der Waals surface area contributed by atoms with Gasteiger partial charge in [-0.25, -0.2) is 4.99 Å². The van der Waals surface area contributed by atoms with Crippen LogP contribution in [0.25, 0.3) is 10.9 Å². The Hall–Kier alpha value is -8.34. The average Bonchev–Trinajstić information content (AvgIpc) is 3.86. The van der Waals surface area contributed by atoms with E-state index in [1.165, 1.54) is 26.1 Å². The molecule has 78 heavy (non-hydrogen) atoms. The molecule has 9 atom stereocenters. The first-order valence-corrected chi connectivity index (χ1v) is 26.1. The van der Waals surface area contributed by atoms with Crippen molar-refractivity contribution in [1.29, 1.82) is 0 Å². The van der Waals surface area contributed by atoms with E-state index in [-0.39, 0.29) is 37.5 Å². The monoisotopic (exact) mass is 1120 g/mol. The number of nitrogens with one attached hydrogen (secondary N) is 9. The molecule has 3 heterocycles. The van der Waals surface area contributed by atoms with Crippen LogP contribution >= 0.6 is 24.4 Å². The smallest absolute Gasteiger partial charge is 0.243 e. The second-order valence-corrected chi connectivity index (χ2v) is 20.9. The van der Waals surface area contributed by atoms with Crippen molar-refractivity contribution in [1.82, 2.24) is 47.5 Å². The first-order valence-electron chi connectivity index (χ1n) is 24.7. The standard InChI is InChI=1S/C49H68N18O9S2/c1-26(61-38(69)22-59-41(72)32(62-27(2)68)13-8-15-57-46(52)53)40(71)65-35-19-48(77,14-16-56-25-50)49(24-60-47(54)55)20-36(66-42(73)33(63-44(35)75)17-28-9-4-3-5-10-28)45(76)64-34(43(74)67-37(23-78-49)39(51)70)18-29-21-58-31-12-7-6-11-30(29)31/h3-7,9-12,14,16,21,25-26,32-37,58,77H,8,13,15,17-20,22-24H2,1-2H3,(H2,50,56)(H2,51,70)(H,59,72)(H,61,69)(H,62,68)(H,63,75)(H,64,76)(H,65,71)(H,66,73)(H,67,74)(H4,52,53,57)(H4,54,55,60)/b16-14+/t26-,32+,33-,34+,35+,36+,37+,48?,49?/m1/s1. The number of aromatic amines is 1. The van der Waals surface area contributed by atoms with Gasteiger partial charge in [-0.15, -0.1) is 11.8 Å². The van der Waals surface area contributed by atoms with Crippen LogP contribution in [0.2, 0.25) is 0 Å². The molecule has 2 bridgehead atoms. The van der Waals surface area contributed by atoms with Gasteiger partial charge in [0.15, 0.2) is 11.9 Å². The first-order chi connectivity index (χ1) is 37.0. The third kappa shape index (κ3) is 17.1. The van der Waals surface area contributed by atoms with E-state index in [9.17, 15) is 38.4 Å². The van der Waals surface area contributed by atoms with Crippen molar-refractivity contribution in [2.45, 2.75) is 104 Å². The topological polar surface area (TPSA) is 459 Å². The highest BCUT2D eigenvalue weighted by molar-refractivity contribution is 8.01. The summed E-state index contributed by atoms with van der Waals surface area (Å²) in [5, 5.41) is 21.9. The minimum atomic E-state index is -1.85. The van der Waals surface area contributed by atoms with Gasteiger partial charge in [0.05, 0.1) is 28.9 Å². The van der Waals surface area contributed by atoms with Gasteiger partial charge < -0.3 is 81.9 Å². The molecule has 2 fully saturated rings. The Balaban J connectivity index is 1.58. The number of primary amides is 1. The van der Waals surface area contributed by atoms with Gasteiger partial charge in [-0.2, -0.15) is 12.6 Å². The Morgan fingerprint density at radius 3 is 2.17 bits per heavy atom. The molecule has 2 unspecified atom stereocenters. The highest BCUT2D eigenvalue weighted by Gasteiger charge is 2.54. The van der Waals surface area contributed by atoms with E-state index in [0.29, 0.717) is 17.5 Å². The van der Waals surface area contributed by atoms with E-state index in [4.69, 9.17) is 47.0 Å². The summed E-state index contributed by atoms with van der Waals surface area (Å²) in [4.78, 5) is 141. The van der Waals surface area contributed by atoms with Gasteiger partial charge in [0.25, 0.3) is 0 Å². The van der Waals surface area contributed by atoms with Crippen LogP contribution in [0.4, 0.5) is 0 Å². The number of nitrogens with zero attached hydrogens (tertiary/aromatic N) is 3. The Morgan fingerprint density at radius 2 is 1.49 bits per heavy atom. The molecule has 0 saturated carbocycles. The van der Waals surface area contributed by atoms with Gasteiger partial charge in [0.2, 0.25) is 53.2 Å². The molecule has 0 radical (unpaired) electrons. The predicted molar refractivity (Wildman–Crippen MR) is 298 cm³/mol. The van der Waals surface area contributed by atoms with Crippen molar-refractivity contribution < 1.29 is 43.2 Å². The van der Waals surface area contributed by atoms with Gasteiger partial charge >= 0.3 is 0 Å². The number of thiol groups is 1. The summed E-state index contributed by atoms with van der Waals surface area (Å²) in [6.45, 7) is 1.60. The maximum absolute atomic E-state index is 15.1. The van der Waals surface area contributed by atoms with Gasteiger partial charge in [0.1, 0.15) is 42.3 Å². The van der Waals surface area contributed by atoms with Crippen LogP contribution in [0.1, 0.15) is 50.7 Å². The molecule has 1 aromatic heterocycles. The zero-order chi connectivity index (χ0) is 57.2. The largest absolute Gasteiger partial charge is 0.390 e. The van der Waals surface area contributed by atoms with E-state index < -0.39 is 137 Å². The number of benzene rings is 2. The molecule has 2 aliphatic heterocycles. The maximum Gasteiger partial charge on any atom is 0.243 e. The van der Waals surface area contributed by atoms with E-state index in [1.807, 2.05) is 18.2 Å². The normalized spacial score (nSPS) is 23.8. The quantitative estimate of drug-likeness (QED) is 0.0221. The SMILES string of the molecule is CC(=O)N[C@@H](CCCN=C(N)N)C(=O)NCC(=O)N[C@H](C)C(=O)N[C@H]1CC(S)(/C=C/N=CN)C2(CN=C(N)N)C[C@H](NC(=O)[C@@H](Cc3ccccc3)NC1=O)C(=O)N[C@@H](Cc1c[nH]c3ccccc13)C(=O)N[C@H](C(N)=O)CS2. The number of fused-ring (bicyclic) bond motifs is 3. The molecular weight excluding hydrogens is 1050 g/mol. The molecular formula is C49H68N18O9S2. The zero-order valence-electron chi connectivity index (χ0n) is 43.0. The van der Waals surface area contributed by atoms with E-state index in [2.05, 4.69) is 62.5 Å². The lowest BCUT2D eigenvalue weighted by Crippen LogP contribution is -2.60. The predicted octanol–water partition coefficient (Wildman–Crippen LogP) is -4.24. The molecule has 2 saturated heterocycles. The summed E-state index contributed by atoms with van der Waals surface area (Å²) in [6.07, 6.45) is 4.56. The number of aromatic nitrogens is 1. The van der Waals surface area contributed by atoms with Crippen LogP contribution in [-0.2, 0) is 56.0 Å². The Kier molecular flexibility index (Phi) is 21.8. The minimum absolute atomic E-state index is 0.0835. The lowest BCUT2D eigenvalue weighted by Gasteiger charge is -2.48. The number of guanidine groups is 2. The molecule has 0 spiro atoms. The summed E-state index contributed by atoms with van der Waals surface area (Å²) in [5.41, 5.74) is 36.3. The van der Waals surface area contributed by atoms with Crippen LogP contribution in [-0.4, -0.2) is 154 Å². The molecule has 29 heteroatoms. The fourth-order valence-electron chi connectivity index (χ4n) is 8.79. The summed E-state index contributed by atoms with van der Waals surface area (Å²) in [5.74, 6) is -8.26.